The Morgan fingerprint density at radius 1 is 1.17 bits per heavy atom. The number of aromatic nitrogens is 2. The summed E-state index contributed by atoms with van der Waals surface area (Å²) in [5.74, 6) is 0.572. The minimum absolute atomic E-state index is 0.0632. The predicted octanol–water partition coefficient (Wildman–Crippen LogP) is 3.79. The minimum atomic E-state index is -0.205. The molecule has 0 spiro atoms. The fourth-order valence-corrected chi connectivity index (χ4v) is 4.22. The monoisotopic (exact) mass is 419 g/mol. The first-order chi connectivity index (χ1) is 14.6. The summed E-state index contributed by atoms with van der Waals surface area (Å²) in [4.78, 5) is 32.6. The molecule has 0 atom stereocenters. The molecular weight excluding hydrogens is 398 g/mol. The van der Waals surface area contributed by atoms with Crippen molar-refractivity contribution in [3.8, 4) is 16.9 Å². The summed E-state index contributed by atoms with van der Waals surface area (Å²) in [6.45, 7) is 0.362. The van der Waals surface area contributed by atoms with E-state index < -0.39 is 0 Å². The summed E-state index contributed by atoms with van der Waals surface area (Å²) < 4.78 is 6.61. The zero-order valence-corrected chi connectivity index (χ0v) is 17.6. The van der Waals surface area contributed by atoms with E-state index in [2.05, 4.69) is 4.98 Å². The van der Waals surface area contributed by atoms with Gasteiger partial charge in [-0.2, -0.15) is 0 Å². The van der Waals surface area contributed by atoms with E-state index in [-0.39, 0.29) is 18.0 Å². The van der Waals surface area contributed by atoms with Crippen molar-refractivity contribution in [2.75, 3.05) is 14.2 Å². The number of thiophene rings is 1. The van der Waals surface area contributed by atoms with E-state index in [1.165, 1.54) is 22.2 Å². The highest BCUT2D eigenvalue weighted by Gasteiger charge is 2.16. The molecule has 0 aliphatic rings. The molecule has 2 aromatic heterocycles. The first kappa shape index (κ1) is 19.8. The number of nitrogens with zero attached hydrogens (tertiary/aromatic N) is 3. The molecule has 152 valence electrons. The molecule has 7 heteroatoms. The van der Waals surface area contributed by atoms with Crippen LogP contribution in [-0.2, 0) is 17.9 Å². The van der Waals surface area contributed by atoms with Gasteiger partial charge >= 0.3 is 0 Å². The predicted molar refractivity (Wildman–Crippen MR) is 119 cm³/mol. The Labute approximate surface area is 178 Å². The molecule has 0 unspecified atom stereocenters. The van der Waals surface area contributed by atoms with Gasteiger partial charge in [0.25, 0.3) is 5.56 Å². The van der Waals surface area contributed by atoms with E-state index in [1.54, 1.807) is 19.1 Å². The topological polar surface area (TPSA) is 64.4 Å². The van der Waals surface area contributed by atoms with Gasteiger partial charge in [0.15, 0.2) is 0 Å². The zero-order valence-electron chi connectivity index (χ0n) is 16.7. The number of hydrogen-bond donors (Lipinski definition) is 0. The van der Waals surface area contributed by atoms with Gasteiger partial charge in [-0.3, -0.25) is 14.2 Å². The number of carbonyl (C=O) groups excluding carboxylic acids is 1. The average molecular weight is 420 g/mol. The summed E-state index contributed by atoms with van der Waals surface area (Å²) in [7, 11) is 3.33. The number of hydrogen-bond acceptors (Lipinski definition) is 5. The smallest absolute Gasteiger partial charge is 0.263 e. The van der Waals surface area contributed by atoms with Gasteiger partial charge in [0.1, 0.15) is 17.1 Å². The van der Waals surface area contributed by atoms with Gasteiger partial charge in [-0.05, 0) is 23.3 Å². The molecule has 6 nitrogen and oxygen atoms in total. The summed E-state index contributed by atoms with van der Waals surface area (Å²) in [5, 5.41) is 2.49. The van der Waals surface area contributed by atoms with Crippen molar-refractivity contribution >= 4 is 27.5 Å². The van der Waals surface area contributed by atoms with E-state index in [9.17, 15) is 9.59 Å². The van der Waals surface area contributed by atoms with Crippen LogP contribution in [0.15, 0.2) is 71.1 Å². The maximum atomic E-state index is 13.1. The van der Waals surface area contributed by atoms with Crippen molar-refractivity contribution < 1.29 is 9.53 Å². The van der Waals surface area contributed by atoms with Crippen molar-refractivity contribution in [2.45, 2.75) is 13.1 Å². The third-order valence-electron chi connectivity index (χ3n) is 4.93. The first-order valence-corrected chi connectivity index (χ1v) is 10.3. The molecule has 0 saturated heterocycles. The number of fused-ring (bicyclic) bond motifs is 1. The van der Waals surface area contributed by atoms with E-state index >= 15 is 0 Å². The Bertz CT molecular complexity index is 1250. The van der Waals surface area contributed by atoms with Crippen LogP contribution in [0, 0.1) is 0 Å². The second-order valence-corrected chi connectivity index (χ2v) is 7.83. The van der Waals surface area contributed by atoms with E-state index in [4.69, 9.17) is 4.74 Å². The van der Waals surface area contributed by atoms with Crippen LogP contribution in [0.5, 0.6) is 5.75 Å². The molecule has 0 radical (unpaired) electrons. The largest absolute Gasteiger partial charge is 0.497 e. The van der Waals surface area contributed by atoms with Crippen LogP contribution in [0.1, 0.15) is 5.56 Å². The highest BCUT2D eigenvalue weighted by molar-refractivity contribution is 7.17. The van der Waals surface area contributed by atoms with Crippen molar-refractivity contribution in [1.82, 2.24) is 14.5 Å². The standard InChI is InChI=1S/C23H21N3O3S/c1-25(12-16-7-6-10-18(11-16)29-2)20(27)13-26-15-24-22-21(23(26)28)19(14-30-22)17-8-4-3-5-9-17/h3-11,14-15H,12-13H2,1-2H3. The number of ether oxygens (including phenoxy) is 1. The fraction of sp³-hybridized carbons (Fsp3) is 0.174. The van der Waals surface area contributed by atoms with Crippen LogP contribution in [-0.4, -0.2) is 34.5 Å². The van der Waals surface area contributed by atoms with Crippen LogP contribution < -0.4 is 10.3 Å². The zero-order chi connectivity index (χ0) is 21.1. The van der Waals surface area contributed by atoms with Gasteiger partial charge in [-0.1, -0.05) is 42.5 Å². The quantitative estimate of drug-likeness (QED) is 0.477. The van der Waals surface area contributed by atoms with E-state index in [0.717, 1.165) is 22.4 Å². The van der Waals surface area contributed by atoms with Crippen molar-refractivity contribution in [3.63, 3.8) is 0 Å². The van der Waals surface area contributed by atoms with Gasteiger partial charge in [-0.15, -0.1) is 11.3 Å². The molecule has 30 heavy (non-hydrogen) atoms. The van der Waals surface area contributed by atoms with Crippen LogP contribution in [0.25, 0.3) is 21.3 Å². The van der Waals surface area contributed by atoms with Gasteiger partial charge < -0.3 is 9.64 Å². The number of carbonyl (C=O) groups is 1. The molecule has 4 rings (SSSR count). The molecule has 2 heterocycles. The molecule has 0 fully saturated rings. The van der Waals surface area contributed by atoms with Gasteiger partial charge in [0.2, 0.25) is 5.91 Å². The fourth-order valence-electron chi connectivity index (χ4n) is 3.31. The molecule has 0 saturated carbocycles. The van der Waals surface area contributed by atoms with E-state index in [1.807, 2.05) is 60.0 Å². The Morgan fingerprint density at radius 3 is 2.73 bits per heavy atom. The molecule has 0 bridgehead atoms. The number of methoxy groups -OCH3 is 1. The lowest BCUT2D eigenvalue weighted by Gasteiger charge is -2.18. The first-order valence-electron chi connectivity index (χ1n) is 9.46. The highest BCUT2D eigenvalue weighted by atomic mass is 32.1. The van der Waals surface area contributed by atoms with Gasteiger partial charge in [0, 0.05) is 24.5 Å². The highest BCUT2D eigenvalue weighted by Crippen LogP contribution is 2.30. The van der Waals surface area contributed by atoms with Crippen molar-refractivity contribution in [3.05, 3.63) is 82.2 Å². The number of benzene rings is 2. The maximum absolute atomic E-state index is 13.1. The SMILES string of the molecule is COc1cccc(CN(C)C(=O)Cn2cnc3scc(-c4ccccc4)c3c2=O)c1. The lowest BCUT2D eigenvalue weighted by Crippen LogP contribution is -2.33. The molecule has 0 aliphatic heterocycles. The maximum Gasteiger partial charge on any atom is 0.263 e. The summed E-state index contributed by atoms with van der Waals surface area (Å²) in [6, 6.07) is 17.3. The second kappa shape index (κ2) is 8.51. The third-order valence-corrected chi connectivity index (χ3v) is 5.82. The molecule has 0 aliphatic carbocycles. The van der Waals surface area contributed by atoms with Crippen LogP contribution in [0.3, 0.4) is 0 Å². The van der Waals surface area contributed by atoms with E-state index in [0.29, 0.717) is 16.8 Å². The normalized spacial score (nSPS) is 10.9. The number of amides is 1. The average Bonchev–Trinajstić information content (AvgIpc) is 3.21. The number of rotatable bonds is 6. The van der Waals surface area contributed by atoms with Crippen molar-refractivity contribution in [2.24, 2.45) is 0 Å². The molecule has 4 aromatic rings. The van der Waals surface area contributed by atoms with Crippen LogP contribution in [0.4, 0.5) is 0 Å². The van der Waals surface area contributed by atoms with Crippen molar-refractivity contribution in [1.29, 1.82) is 0 Å². The summed E-state index contributed by atoms with van der Waals surface area (Å²) in [6.07, 6.45) is 1.45. The second-order valence-electron chi connectivity index (χ2n) is 6.97. The lowest BCUT2D eigenvalue weighted by molar-refractivity contribution is -0.131. The molecular formula is C23H21N3O3S. The summed E-state index contributed by atoms with van der Waals surface area (Å²) >= 11 is 1.43. The summed E-state index contributed by atoms with van der Waals surface area (Å²) in [5.41, 5.74) is 2.56. The number of likely N-dealkylation sites (N-methyl/N-ethyl adjacent to an activating group) is 1. The Kier molecular flexibility index (Phi) is 5.63. The molecule has 0 N–H and O–H groups in total. The minimum Gasteiger partial charge on any atom is -0.497 e. The van der Waals surface area contributed by atoms with Gasteiger partial charge in [-0.25, -0.2) is 4.98 Å². The Morgan fingerprint density at radius 2 is 1.97 bits per heavy atom. The molecule has 1 amide bonds. The van der Waals surface area contributed by atoms with Crippen LogP contribution >= 0.6 is 11.3 Å². The Hall–Kier alpha value is -3.45. The molecule has 2 aromatic carbocycles. The lowest BCUT2D eigenvalue weighted by atomic mass is 10.1. The van der Waals surface area contributed by atoms with Crippen LogP contribution in [0.2, 0.25) is 0 Å². The third kappa shape index (κ3) is 3.97. The Balaban J connectivity index is 1.58. The van der Waals surface area contributed by atoms with Gasteiger partial charge in [0.05, 0.1) is 18.8 Å².